The number of aromatic amines is 1. The highest BCUT2D eigenvalue weighted by atomic mass is 16.5. The van der Waals surface area contributed by atoms with E-state index in [1.54, 1.807) is 0 Å². The van der Waals surface area contributed by atoms with Crippen LogP contribution in [0.4, 0.5) is 5.82 Å². The number of rotatable bonds is 4. The molecule has 1 aliphatic rings. The van der Waals surface area contributed by atoms with E-state index in [1.807, 2.05) is 12.3 Å². The fourth-order valence-corrected chi connectivity index (χ4v) is 1.82. The second kappa shape index (κ2) is 5.19. The molecule has 2 rings (SSSR count). The maximum absolute atomic E-state index is 5.65. The highest BCUT2D eigenvalue weighted by molar-refractivity contribution is 5.37. The number of anilines is 1. The van der Waals surface area contributed by atoms with Crippen LogP contribution < -0.4 is 10.2 Å². The molecule has 1 fully saturated rings. The predicted octanol–water partition coefficient (Wildman–Crippen LogP) is 0.829. The van der Waals surface area contributed by atoms with Gasteiger partial charge in [-0.3, -0.25) is 0 Å². The summed E-state index contributed by atoms with van der Waals surface area (Å²) < 4.78 is 5.65. The molecular formula is C11H19N3O. The number of H-pyrrole nitrogens is 1. The quantitative estimate of drug-likeness (QED) is 0.771. The molecule has 1 aromatic rings. The lowest BCUT2D eigenvalue weighted by Crippen LogP contribution is -2.40. The summed E-state index contributed by atoms with van der Waals surface area (Å²) in [4.78, 5) is 5.41. The monoisotopic (exact) mass is 209 g/mol. The molecule has 84 valence electrons. The first-order chi connectivity index (χ1) is 7.36. The SMILES string of the molecule is CN(CCC1CNCCO1)c1ccc[nH]1. The van der Waals surface area contributed by atoms with Crippen LogP contribution in [0.5, 0.6) is 0 Å². The van der Waals surface area contributed by atoms with Crippen molar-refractivity contribution in [2.75, 3.05) is 38.2 Å². The van der Waals surface area contributed by atoms with E-state index in [9.17, 15) is 0 Å². The average Bonchev–Trinajstić information content (AvgIpc) is 2.81. The lowest BCUT2D eigenvalue weighted by Gasteiger charge is -2.26. The highest BCUT2D eigenvalue weighted by Crippen LogP contribution is 2.10. The van der Waals surface area contributed by atoms with Crippen molar-refractivity contribution in [1.29, 1.82) is 0 Å². The molecule has 4 nitrogen and oxygen atoms in total. The molecule has 0 saturated carbocycles. The van der Waals surface area contributed by atoms with Gasteiger partial charge in [-0.1, -0.05) is 0 Å². The van der Waals surface area contributed by atoms with Crippen LogP contribution in [0.25, 0.3) is 0 Å². The van der Waals surface area contributed by atoms with Gasteiger partial charge in [-0.25, -0.2) is 0 Å². The molecule has 15 heavy (non-hydrogen) atoms. The smallest absolute Gasteiger partial charge is 0.105 e. The van der Waals surface area contributed by atoms with Gasteiger partial charge in [0.1, 0.15) is 5.82 Å². The number of hydrogen-bond acceptors (Lipinski definition) is 3. The number of ether oxygens (including phenoxy) is 1. The predicted molar refractivity (Wildman–Crippen MR) is 61.3 cm³/mol. The summed E-state index contributed by atoms with van der Waals surface area (Å²) >= 11 is 0. The summed E-state index contributed by atoms with van der Waals surface area (Å²) in [5, 5.41) is 3.34. The minimum absolute atomic E-state index is 0.371. The fraction of sp³-hybridized carbons (Fsp3) is 0.636. The van der Waals surface area contributed by atoms with Crippen LogP contribution in [0.1, 0.15) is 6.42 Å². The number of aromatic nitrogens is 1. The van der Waals surface area contributed by atoms with E-state index in [4.69, 9.17) is 4.74 Å². The van der Waals surface area contributed by atoms with Crippen LogP contribution >= 0.6 is 0 Å². The third kappa shape index (κ3) is 2.97. The highest BCUT2D eigenvalue weighted by Gasteiger charge is 2.13. The third-order valence-corrected chi connectivity index (χ3v) is 2.78. The number of hydrogen-bond donors (Lipinski definition) is 2. The molecule has 0 bridgehead atoms. The zero-order chi connectivity index (χ0) is 10.5. The van der Waals surface area contributed by atoms with Gasteiger partial charge in [-0.05, 0) is 18.6 Å². The van der Waals surface area contributed by atoms with Crippen LogP contribution in [-0.2, 0) is 4.74 Å². The Balaban J connectivity index is 1.73. The first-order valence-corrected chi connectivity index (χ1v) is 5.53. The van der Waals surface area contributed by atoms with Gasteiger partial charge in [0.05, 0.1) is 12.7 Å². The van der Waals surface area contributed by atoms with Gasteiger partial charge in [0.15, 0.2) is 0 Å². The second-order valence-electron chi connectivity index (χ2n) is 3.96. The minimum Gasteiger partial charge on any atom is -0.376 e. The Labute approximate surface area is 90.6 Å². The largest absolute Gasteiger partial charge is 0.376 e. The van der Waals surface area contributed by atoms with Crippen LogP contribution in [0.15, 0.2) is 18.3 Å². The summed E-state index contributed by atoms with van der Waals surface area (Å²) in [5.41, 5.74) is 0. The van der Waals surface area contributed by atoms with Crippen molar-refractivity contribution in [3.8, 4) is 0 Å². The zero-order valence-electron chi connectivity index (χ0n) is 9.20. The van der Waals surface area contributed by atoms with Crippen molar-refractivity contribution in [2.24, 2.45) is 0 Å². The van der Waals surface area contributed by atoms with Gasteiger partial charge in [-0.2, -0.15) is 0 Å². The van der Waals surface area contributed by atoms with E-state index < -0.39 is 0 Å². The molecule has 0 aromatic carbocycles. The normalized spacial score (nSPS) is 21.5. The summed E-state index contributed by atoms with van der Waals surface area (Å²) in [6.07, 6.45) is 3.39. The van der Waals surface area contributed by atoms with Gasteiger partial charge in [0, 0.05) is 32.9 Å². The van der Waals surface area contributed by atoms with E-state index in [-0.39, 0.29) is 0 Å². The first-order valence-electron chi connectivity index (χ1n) is 5.53. The molecule has 2 heterocycles. The molecule has 1 aliphatic heterocycles. The van der Waals surface area contributed by atoms with E-state index >= 15 is 0 Å². The summed E-state index contributed by atoms with van der Waals surface area (Å²) in [5.74, 6) is 1.17. The Kier molecular flexibility index (Phi) is 3.64. The van der Waals surface area contributed by atoms with Crippen molar-refractivity contribution in [3.05, 3.63) is 18.3 Å². The molecule has 1 aromatic heterocycles. The summed E-state index contributed by atoms with van der Waals surface area (Å²) in [7, 11) is 2.10. The second-order valence-corrected chi connectivity index (χ2v) is 3.96. The molecule has 0 amide bonds. The minimum atomic E-state index is 0.371. The zero-order valence-corrected chi connectivity index (χ0v) is 9.20. The van der Waals surface area contributed by atoms with Gasteiger partial charge in [-0.15, -0.1) is 0 Å². The van der Waals surface area contributed by atoms with Gasteiger partial charge in [0.2, 0.25) is 0 Å². The lowest BCUT2D eigenvalue weighted by molar-refractivity contribution is 0.0250. The van der Waals surface area contributed by atoms with E-state index in [0.717, 1.165) is 32.7 Å². The van der Waals surface area contributed by atoms with E-state index in [0.29, 0.717) is 6.10 Å². The van der Waals surface area contributed by atoms with Gasteiger partial charge in [0.25, 0.3) is 0 Å². The van der Waals surface area contributed by atoms with Crippen molar-refractivity contribution >= 4 is 5.82 Å². The molecule has 0 spiro atoms. The van der Waals surface area contributed by atoms with Gasteiger partial charge >= 0.3 is 0 Å². The number of nitrogens with zero attached hydrogens (tertiary/aromatic N) is 1. The molecule has 1 unspecified atom stereocenters. The Bertz CT molecular complexity index is 267. The Morgan fingerprint density at radius 2 is 2.53 bits per heavy atom. The molecule has 1 saturated heterocycles. The van der Waals surface area contributed by atoms with Crippen LogP contribution in [0, 0.1) is 0 Å². The Morgan fingerprint density at radius 3 is 3.20 bits per heavy atom. The molecule has 1 atom stereocenters. The topological polar surface area (TPSA) is 40.3 Å². The van der Waals surface area contributed by atoms with Crippen molar-refractivity contribution in [1.82, 2.24) is 10.3 Å². The van der Waals surface area contributed by atoms with Crippen LogP contribution in [-0.4, -0.2) is 44.4 Å². The molecular weight excluding hydrogens is 190 g/mol. The molecule has 4 heteroatoms. The van der Waals surface area contributed by atoms with Crippen molar-refractivity contribution in [3.63, 3.8) is 0 Å². The third-order valence-electron chi connectivity index (χ3n) is 2.78. The van der Waals surface area contributed by atoms with Crippen molar-refractivity contribution < 1.29 is 4.74 Å². The fourth-order valence-electron chi connectivity index (χ4n) is 1.82. The van der Waals surface area contributed by atoms with Crippen LogP contribution in [0.2, 0.25) is 0 Å². The van der Waals surface area contributed by atoms with E-state index in [2.05, 4.69) is 28.3 Å². The Morgan fingerprint density at radius 1 is 1.60 bits per heavy atom. The summed E-state index contributed by atoms with van der Waals surface area (Å²) in [6, 6.07) is 4.10. The standard InChI is InChI=1S/C11H19N3O/c1-14(11-3-2-5-13-11)7-4-10-9-12-6-8-15-10/h2-3,5,10,12-13H,4,6-9H2,1H3. The number of nitrogens with one attached hydrogen (secondary N) is 2. The van der Waals surface area contributed by atoms with Gasteiger partial charge < -0.3 is 19.9 Å². The number of morpholine rings is 1. The molecule has 0 aliphatic carbocycles. The Hall–Kier alpha value is -1.00. The molecule has 2 N–H and O–H groups in total. The maximum atomic E-state index is 5.65. The molecule has 0 radical (unpaired) electrons. The average molecular weight is 209 g/mol. The van der Waals surface area contributed by atoms with Crippen molar-refractivity contribution in [2.45, 2.75) is 12.5 Å². The maximum Gasteiger partial charge on any atom is 0.105 e. The summed E-state index contributed by atoms with van der Waals surface area (Å²) in [6.45, 7) is 3.84. The van der Waals surface area contributed by atoms with Crippen LogP contribution in [0.3, 0.4) is 0 Å². The lowest BCUT2D eigenvalue weighted by atomic mass is 10.2. The van der Waals surface area contributed by atoms with E-state index in [1.165, 1.54) is 5.82 Å². The first kappa shape index (κ1) is 10.5.